The van der Waals surface area contributed by atoms with E-state index in [0.29, 0.717) is 19.0 Å². The van der Waals surface area contributed by atoms with Crippen molar-refractivity contribution >= 4 is 17.2 Å². The first-order chi connectivity index (χ1) is 14.7. The van der Waals surface area contributed by atoms with E-state index >= 15 is 0 Å². The summed E-state index contributed by atoms with van der Waals surface area (Å²) in [5.41, 5.74) is 0.995. The Morgan fingerprint density at radius 1 is 1.17 bits per heavy atom. The topological polar surface area (TPSA) is 89.7 Å². The third-order valence-electron chi connectivity index (χ3n) is 5.40. The summed E-state index contributed by atoms with van der Waals surface area (Å²) < 4.78 is 16.1. The van der Waals surface area contributed by atoms with Crippen LogP contribution in [0.5, 0.6) is 11.5 Å². The molecule has 1 aromatic carbocycles. The van der Waals surface area contributed by atoms with Gasteiger partial charge in [0, 0.05) is 12.5 Å². The molecule has 9 heteroatoms. The van der Waals surface area contributed by atoms with E-state index in [1.54, 1.807) is 17.6 Å². The molecule has 0 spiro atoms. The Morgan fingerprint density at radius 3 is 2.87 bits per heavy atom. The lowest BCUT2D eigenvalue weighted by molar-refractivity contribution is -0.122. The van der Waals surface area contributed by atoms with Crippen molar-refractivity contribution in [1.82, 2.24) is 20.4 Å². The number of carbonyl (C=O) groups excluding carboxylic acids is 1. The van der Waals surface area contributed by atoms with Gasteiger partial charge in [0.1, 0.15) is 5.01 Å². The number of fused-ring (bicyclic) bond motifs is 1. The molecule has 0 radical (unpaired) electrons. The zero-order chi connectivity index (χ0) is 20.3. The van der Waals surface area contributed by atoms with Gasteiger partial charge in [-0.25, -0.2) is 0 Å². The van der Waals surface area contributed by atoms with E-state index < -0.39 is 0 Å². The Hall–Kier alpha value is -2.91. The maximum Gasteiger partial charge on any atom is 0.234 e. The maximum atomic E-state index is 12.4. The highest BCUT2D eigenvalue weighted by molar-refractivity contribution is 7.14. The smallest absolute Gasteiger partial charge is 0.234 e. The van der Waals surface area contributed by atoms with Gasteiger partial charge in [0.2, 0.25) is 12.7 Å². The molecule has 1 N–H and O–H groups in total. The molecule has 8 nitrogen and oxygen atoms in total. The van der Waals surface area contributed by atoms with Crippen LogP contribution in [0.3, 0.4) is 0 Å². The highest BCUT2D eigenvalue weighted by Gasteiger charge is 2.25. The second kappa shape index (κ2) is 8.45. The van der Waals surface area contributed by atoms with E-state index in [2.05, 4.69) is 20.4 Å². The molecule has 3 aromatic rings. The molecule has 2 aliphatic rings. The first-order valence-electron chi connectivity index (χ1n) is 9.99. The summed E-state index contributed by atoms with van der Waals surface area (Å²) in [6, 6.07) is 9.48. The summed E-state index contributed by atoms with van der Waals surface area (Å²) in [4.78, 5) is 14.6. The number of ether oxygens (including phenoxy) is 2. The second-order valence-electron chi connectivity index (χ2n) is 7.44. The van der Waals surface area contributed by atoms with E-state index in [-0.39, 0.29) is 12.7 Å². The minimum atomic E-state index is 0.0298. The molecule has 0 saturated carbocycles. The van der Waals surface area contributed by atoms with E-state index in [1.165, 1.54) is 0 Å². The molecule has 2 aromatic heterocycles. The third-order valence-corrected chi connectivity index (χ3v) is 6.50. The summed E-state index contributed by atoms with van der Waals surface area (Å²) in [5.74, 6) is 2.66. The Labute approximate surface area is 177 Å². The van der Waals surface area contributed by atoms with Crippen LogP contribution in [0.2, 0.25) is 0 Å². The molecule has 1 amide bonds. The molecule has 4 heterocycles. The van der Waals surface area contributed by atoms with Crippen molar-refractivity contribution in [2.24, 2.45) is 0 Å². The van der Waals surface area contributed by atoms with Crippen LogP contribution < -0.4 is 14.8 Å². The van der Waals surface area contributed by atoms with Crippen molar-refractivity contribution in [1.29, 1.82) is 0 Å². The number of piperidine rings is 1. The number of aromatic nitrogens is 2. The average molecular weight is 426 g/mol. The predicted octanol–water partition coefficient (Wildman–Crippen LogP) is 3.02. The Kier molecular flexibility index (Phi) is 5.37. The van der Waals surface area contributed by atoms with Crippen LogP contribution in [-0.2, 0) is 11.3 Å². The monoisotopic (exact) mass is 426 g/mol. The first kappa shape index (κ1) is 19.1. The molecular formula is C21H22N4O4S. The zero-order valence-corrected chi connectivity index (χ0v) is 17.2. The Balaban J connectivity index is 1.08. The molecule has 0 aliphatic carbocycles. The van der Waals surface area contributed by atoms with E-state index in [4.69, 9.17) is 13.9 Å². The number of carbonyl (C=O) groups is 1. The Morgan fingerprint density at radius 2 is 2.03 bits per heavy atom. The fourth-order valence-corrected chi connectivity index (χ4v) is 4.73. The minimum Gasteiger partial charge on any atom is -0.462 e. The second-order valence-corrected chi connectivity index (χ2v) is 8.45. The van der Waals surface area contributed by atoms with Gasteiger partial charge in [-0.1, -0.05) is 17.4 Å². The van der Waals surface area contributed by atoms with Crippen molar-refractivity contribution in [3.8, 4) is 22.3 Å². The average Bonchev–Trinajstić information content (AvgIpc) is 3.53. The first-order valence-corrected chi connectivity index (χ1v) is 10.8. The number of hydrogen-bond acceptors (Lipinski definition) is 8. The van der Waals surface area contributed by atoms with Gasteiger partial charge in [0.15, 0.2) is 22.3 Å². The molecule has 5 rings (SSSR count). The van der Waals surface area contributed by atoms with E-state index in [0.717, 1.165) is 58.8 Å². The van der Waals surface area contributed by atoms with Crippen LogP contribution in [0.15, 0.2) is 41.0 Å². The summed E-state index contributed by atoms with van der Waals surface area (Å²) in [6.45, 7) is 2.88. The van der Waals surface area contributed by atoms with Crippen LogP contribution in [0.4, 0.5) is 0 Å². The fraction of sp³-hybridized carbons (Fsp3) is 0.381. The normalized spacial score (nSPS) is 16.7. The molecule has 156 valence electrons. The largest absolute Gasteiger partial charge is 0.462 e. The molecule has 2 aliphatic heterocycles. The van der Waals surface area contributed by atoms with E-state index in [1.807, 2.05) is 30.3 Å². The van der Waals surface area contributed by atoms with Crippen LogP contribution in [-0.4, -0.2) is 47.4 Å². The lowest BCUT2D eigenvalue weighted by Gasteiger charge is -2.30. The molecule has 0 unspecified atom stereocenters. The van der Waals surface area contributed by atoms with Crippen molar-refractivity contribution < 1.29 is 18.7 Å². The van der Waals surface area contributed by atoms with Crippen LogP contribution in [0, 0.1) is 0 Å². The molecule has 0 bridgehead atoms. The van der Waals surface area contributed by atoms with Crippen molar-refractivity contribution in [2.75, 3.05) is 26.4 Å². The van der Waals surface area contributed by atoms with Gasteiger partial charge in [-0.15, -0.1) is 10.2 Å². The van der Waals surface area contributed by atoms with Crippen molar-refractivity contribution in [3.05, 3.63) is 47.2 Å². The van der Waals surface area contributed by atoms with Gasteiger partial charge in [-0.2, -0.15) is 0 Å². The fourth-order valence-electron chi connectivity index (χ4n) is 3.75. The number of likely N-dealkylation sites (tertiary alicyclic amines) is 1. The third kappa shape index (κ3) is 4.17. The lowest BCUT2D eigenvalue weighted by atomic mass is 9.98. The van der Waals surface area contributed by atoms with Crippen LogP contribution in [0.1, 0.15) is 29.3 Å². The summed E-state index contributed by atoms with van der Waals surface area (Å²) in [5, 5.41) is 13.5. The van der Waals surface area contributed by atoms with Crippen LogP contribution in [0.25, 0.3) is 10.8 Å². The van der Waals surface area contributed by atoms with Crippen molar-refractivity contribution in [2.45, 2.75) is 25.3 Å². The molecule has 0 atom stereocenters. The molecule has 30 heavy (non-hydrogen) atoms. The predicted molar refractivity (Wildman–Crippen MR) is 110 cm³/mol. The molecule has 1 fully saturated rings. The standard InChI is InChI=1S/C21H22N4O4S/c26-19(22-11-14-3-4-16-18(10-14)29-13-28-16)12-25-7-5-15(6-8-25)20-23-24-21(30-20)17-2-1-9-27-17/h1-4,9-10,15H,5-8,11-13H2,(H,22,26). The number of rotatable bonds is 6. The summed E-state index contributed by atoms with van der Waals surface area (Å²) in [6.07, 6.45) is 3.59. The molecular weight excluding hydrogens is 404 g/mol. The highest BCUT2D eigenvalue weighted by Crippen LogP contribution is 2.34. The van der Waals surface area contributed by atoms with Gasteiger partial charge >= 0.3 is 0 Å². The highest BCUT2D eigenvalue weighted by atomic mass is 32.1. The maximum absolute atomic E-state index is 12.4. The quantitative estimate of drug-likeness (QED) is 0.648. The van der Waals surface area contributed by atoms with Gasteiger partial charge in [0.25, 0.3) is 0 Å². The lowest BCUT2D eigenvalue weighted by Crippen LogP contribution is -2.41. The summed E-state index contributed by atoms with van der Waals surface area (Å²) in [7, 11) is 0. The summed E-state index contributed by atoms with van der Waals surface area (Å²) >= 11 is 1.59. The van der Waals surface area contributed by atoms with Gasteiger partial charge in [-0.3, -0.25) is 9.69 Å². The zero-order valence-electron chi connectivity index (χ0n) is 16.4. The van der Waals surface area contributed by atoms with Gasteiger partial charge < -0.3 is 19.2 Å². The number of nitrogens with one attached hydrogen (secondary N) is 1. The van der Waals surface area contributed by atoms with Crippen LogP contribution >= 0.6 is 11.3 Å². The number of benzene rings is 1. The number of furan rings is 1. The number of amides is 1. The number of nitrogens with zero attached hydrogens (tertiary/aromatic N) is 3. The van der Waals surface area contributed by atoms with Gasteiger partial charge in [0.05, 0.1) is 12.8 Å². The van der Waals surface area contributed by atoms with Crippen molar-refractivity contribution in [3.63, 3.8) is 0 Å². The number of hydrogen-bond donors (Lipinski definition) is 1. The Bertz CT molecular complexity index is 1010. The van der Waals surface area contributed by atoms with Gasteiger partial charge in [-0.05, 0) is 55.8 Å². The molecule has 1 saturated heterocycles. The minimum absolute atomic E-state index is 0.0298. The SMILES string of the molecule is O=C(CN1CCC(c2nnc(-c3ccco3)s2)CC1)NCc1ccc2c(c1)OCO2. The van der Waals surface area contributed by atoms with E-state index in [9.17, 15) is 4.79 Å².